The van der Waals surface area contributed by atoms with E-state index in [2.05, 4.69) is 4.99 Å². The van der Waals surface area contributed by atoms with Gasteiger partial charge in [-0.1, -0.05) is 42.1 Å². The normalized spacial score (nSPS) is 13.2. The number of benzene rings is 2. The van der Waals surface area contributed by atoms with Crippen molar-refractivity contribution in [2.45, 2.75) is 19.4 Å². The van der Waals surface area contributed by atoms with E-state index in [4.69, 9.17) is 18.2 Å². The number of aryl methyl sites for hydroxylation is 1. The first-order chi connectivity index (χ1) is 21.8. The van der Waals surface area contributed by atoms with Gasteiger partial charge in [0, 0.05) is 19.4 Å². The molecule has 3 aromatic rings. The summed E-state index contributed by atoms with van der Waals surface area (Å²) in [7, 11) is -14.4. The first-order valence-electron chi connectivity index (χ1n) is 11.9. The third-order valence-electron chi connectivity index (χ3n) is 5.34. The number of amides is 3. The molecule has 0 unspecified atom stereocenters. The SMILES string of the molecule is CC#N.Cc1n(S(=O)(=O)F)cc[n+]1C.O=C1N=C([O-])c2ccccc21.O=C1c2ccccc2C(=O)N1S(=O)(=O)F.O=S(=O)([O-])C(F)(F)F.[K+]. The summed E-state index contributed by atoms with van der Waals surface area (Å²) in [6.45, 7) is 2.94. The quantitative estimate of drug-likeness (QED) is 0.0507. The van der Waals surface area contributed by atoms with E-state index in [1.165, 1.54) is 48.9 Å². The minimum absolute atomic E-state index is 0. The van der Waals surface area contributed by atoms with E-state index in [0.717, 1.165) is 6.20 Å². The smallest absolute Gasteiger partial charge is 0.858 e. The molecule has 0 bridgehead atoms. The number of imide groups is 1. The van der Waals surface area contributed by atoms with Gasteiger partial charge in [-0.2, -0.15) is 35.3 Å². The van der Waals surface area contributed by atoms with Crippen molar-refractivity contribution in [2.75, 3.05) is 0 Å². The van der Waals surface area contributed by atoms with Crippen molar-refractivity contribution in [2.24, 2.45) is 12.0 Å². The number of carbonyl (C=O) groups is 3. The molecule has 25 heteroatoms. The molecule has 1 aromatic heterocycles. The topological polar surface area (TPSA) is 248 Å². The third kappa shape index (κ3) is 12.4. The Hall–Kier alpha value is -3.48. The predicted octanol–water partition coefficient (Wildman–Crippen LogP) is -2.29. The number of aromatic nitrogens is 2. The second-order valence-corrected chi connectivity index (χ2v) is 12.2. The Kier molecular flexibility index (Phi) is 16.7. The Bertz CT molecular complexity index is 2100. The fraction of sp³-hybridized carbons (Fsp3) is 0.167. The largest absolute Gasteiger partial charge is 1.00 e. The fourth-order valence-corrected chi connectivity index (χ4v) is 4.43. The molecular weight excluding hydrogens is 765 g/mol. The Morgan fingerprint density at radius 2 is 1.20 bits per heavy atom. The molecule has 0 saturated carbocycles. The number of alkyl halides is 3. The maximum absolute atomic E-state index is 12.6. The number of nitrogens with zero attached hydrogens (tertiary/aromatic N) is 5. The van der Waals surface area contributed by atoms with E-state index < -0.39 is 60.1 Å². The maximum atomic E-state index is 12.6. The number of hydrogen-bond donors (Lipinski definition) is 0. The Balaban J connectivity index is 0.000000619. The van der Waals surface area contributed by atoms with Crippen LogP contribution in [0.1, 0.15) is 49.4 Å². The molecule has 3 heterocycles. The maximum Gasteiger partial charge on any atom is 1.00 e. The van der Waals surface area contributed by atoms with Gasteiger partial charge in [-0.25, -0.2) is 18.0 Å². The van der Waals surface area contributed by atoms with Gasteiger partial charge in [0.05, 0.1) is 24.2 Å². The van der Waals surface area contributed by atoms with Gasteiger partial charge in [0.25, 0.3) is 23.5 Å². The van der Waals surface area contributed by atoms with Crippen LogP contribution in [0, 0.1) is 18.3 Å². The number of hydrogen-bond acceptors (Lipinski definition) is 12. The molecule has 0 saturated heterocycles. The summed E-state index contributed by atoms with van der Waals surface area (Å²) < 4.78 is 127. The van der Waals surface area contributed by atoms with E-state index in [1.807, 2.05) is 0 Å². The first-order valence-corrected chi connectivity index (χ1v) is 16.0. The summed E-state index contributed by atoms with van der Waals surface area (Å²) in [5.41, 5.74) is -5.03. The Morgan fingerprint density at radius 1 is 0.837 bits per heavy atom. The van der Waals surface area contributed by atoms with Crippen LogP contribution in [-0.4, -0.2) is 67.2 Å². The molecule has 49 heavy (non-hydrogen) atoms. The zero-order valence-electron chi connectivity index (χ0n) is 25.1. The fourth-order valence-electron chi connectivity index (χ4n) is 3.20. The van der Waals surface area contributed by atoms with Crippen LogP contribution in [0.2, 0.25) is 0 Å². The minimum Gasteiger partial charge on any atom is -0.858 e. The number of fused-ring (bicyclic) bond motifs is 2. The van der Waals surface area contributed by atoms with Crippen molar-refractivity contribution in [3.63, 3.8) is 0 Å². The molecule has 0 N–H and O–H groups in total. The van der Waals surface area contributed by atoms with Crippen LogP contribution in [0.3, 0.4) is 0 Å². The number of aliphatic imine (C=N–C) groups is 1. The summed E-state index contributed by atoms with van der Waals surface area (Å²) in [5, 5.41) is 18.2. The molecule has 2 aliphatic heterocycles. The molecule has 260 valence electrons. The van der Waals surface area contributed by atoms with E-state index in [9.17, 15) is 57.3 Å². The predicted molar refractivity (Wildman–Crippen MR) is 147 cm³/mol. The number of carbonyl (C=O) groups excluding carboxylic acids is 3. The van der Waals surface area contributed by atoms with Crippen molar-refractivity contribution >= 4 is 54.6 Å². The first kappa shape index (κ1) is 45.5. The van der Waals surface area contributed by atoms with Gasteiger partial charge in [0.1, 0.15) is 12.4 Å². The van der Waals surface area contributed by atoms with Gasteiger partial charge in [-0.15, -0.1) is 4.31 Å². The summed E-state index contributed by atoms with van der Waals surface area (Å²) in [6.07, 6.45) is 2.62. The van der Waals surface area contributed by atoms with Crippen molar-refractivity contribution < 1.29 is 126 Å². The van der Waals surface area contributed by atoms with Crippen molar-refractivity contribution in [1.29, 1.82) is 5.26 Å². The number of imidazole rings is 1. The molecule has 3 amide bonds. The molecule has 0 fully saturated rings. The summed E-state index contributed by atoms with van der Waals surface area (Å²) in [5.74, 6) is -2.83. The summed E-state index contributed by atoms with van der Waals surface area (Å²) in [6, 6.07) is 13.8. The standard InChI is InChI=1S/C8H4FNO4S.C8H5NO2.C5H8FN2O2S.C2H3N.CHF3O3S.K/c9-15(13,14)10-7(11)5-3-1-2-4-6(5)8(10)12;10-7-5-3-1-2-4-6(5)8(11)9-7;1-5-7(2)3-4-8(5)11(6,9)10;1-2-3;2-1(3,4)8(5,6)7;/h1-4H;1-4H,(H,9,10,11);3-4H,1-2H3;1H3;(H,5,6,7);/q;;+1;;;+1/p-2. The molecule has 0 spiro atoms. The van der Waals surface area contributed by atoms with E-state index in [-0.39, 0.29) is 66.8 Å². The zero-order chi connectivity index (χ0) is 37.4. The van der Waals surface area contributed by atoms with Gasteiger partial charge in [-0.05, 0) is 29.7 Å². The molecule has 2 aliphatic rings. The van der Waals surface area contributed by atoms with E-state index in [0.29, 0.717) is 20.9 Å². The van der Waals surface area contributed by atoms with E-state index in [1.54, 1.807) is 37.4 Å². The third-order valence-corrected chi connectivity index (χ3v) is 7.53. The van der Waals surface area contributed by atoms with Gasteiger partial charge in [0.15, 0.2) is 10.1 Å². The van der Waals surface area contributed by atoms with Gasteiger partial charge >= 0.3 is 77.7 Å². The molecule has 0 atom stereocenters. The van der Waals surface area contributed by atoms with Gasteiger partial charge in [0.2, 0.25) is 0 Å². The molecule has 2 aromatic carbocycles. The van der Waals surface area contributed by atoms with Gasteiger partial charge < -0.3 is 9.66 Å². The monoisotopic (exact) mass is 783 g/mol. The van der Waals surface area contributed by atoms with Crippen LogP contribution in [0.5, 0.6) is 0 Å². The number of nitriles is 1. The van der Waals surface area contributed by atoms with E-state index >= 15 is 0 Å². The number of halogens is 5. The van der Waals surface area contributed by atoms with Crippen LogP contribution in [-0.2, 0) is 38.0 Å². The van der Waals surface area contributed by atoms with Crippen LogP contribution >= 0.6 is 0 Å². The second kappa shape index (κ2) is 18.0. The molecule has 5 rings (SSSR count). The van der Waals surface area contributed by atoms with Crippen molar-refractivity contribution in [1.82, 2.24) is 8.28 Å². The summed E-state index contributed by atoms with van der Waals surface area (Å²) >= 11 is 0. The number of rotatable bonds is 2. The minimum atomic E-state index is -6.09. The van der Waals surface area contributed by atoms with Crippen LogP contribution in [0.15, 0.2) is 65.9 Å². The Morgan fingerprint density at radius 3 is 1.47 bits per heavy atom. The molecule has 0 radical (unpaired) electrons. The average molecular weight is 784 g/mol. The molecular formula is C24H19F5KN5O11S3. The van der Waals surface area contributed by atoms with Crippen molar-refractivity contribution in [3.05, 3.63) is 89.0 Å². The molecule has 0 aliphatic carbocycles. The Labute approximate surface area is 318 Å². The van der Waals surface area contributed by atoms with Crippen LogP contribution in [0.4, 0.5) is 20.9 Å². The zero-order valence-corrected chi connectivity index (χ0v) is 30.7. The van der Waals surface area contributed by atoms with Crippen LogP contribution in [0.25, 0.3) is 0 Å². The summed E-state index contributed by atoms with van der Waals surface area (Å²) in [4.78, 5) is 36.8. The second-order valence-electron chi connectivity index (χ2n) is 8.45. The van der Waals surface area contributed by atoms with Crippen LogP contribution < -0.4 is 61.1 Å². The average Bonchev–Trinajstić information content (AvgIpc) is 3.54. The van der Waals surface area contributed by atoms with Crippen molar-refractivity contribution in [3.8, 4) is 6.07 Å². The van der Waals surface area contributed by atoms with Gasteiger partial charge in [-0.3, -0.25) is 14.4 Å². The molecule has 16 nitrogen and oxygen atoms in total.